The molecule has 228 valence electrons. The maximum atomic E-state index is 12.2. The van der Waals surface area contributed by atoms with E-state index in [0.29, 0.717) is 38.5 Å². The second-order valence-electron chi connectivity index (χ2n) is 13.2. The van der Waals surface area contributed by atoms with Gasteiger partial charge in [0.15, 0.2) is 0 Å². The van der Waals surface area contributed by atoms with Gasteiger partial charge in [-0.05, 0) is 97.7 Å². The van der Waals surface area contributed by atoms with Gasteiger partial charge in [0.1, 0.15) is 0 Å². The van der Waals surface area contributed by atoms with E-state index in [-0.39, 0.29) is 119 Å². The SMILES string of the molecule is C[C@H](CCC(=O)NCCS(=O)(=O)O)[C@H]1CC[C@H]2[C@@H]3[C@H](O)C[C@@H]4C[C@H](OS(=O)(=O)O)CC[C@]4(C)[C@H]3C[C@H](O)[C@]12C.[Na].[Na]. The summed E-state index contributed by atoms with van der Waals surface area (Å²) in [4.78, 5) is 12.2. The van der Waals surface area contributed by atoms with E-state index in [0.717, 1.165) is 12.8 Å². The quantitative estimate of drug-likeness (QED) is 0.182. The van der Waals surface area contributed by atoms with Crippen molar-refractivity contribution in [1.29, 1.82) is 0 Å². The zero-order valence-corrected chi connectivity index (χ0v) is 30.7. The van der Waals surface area contributed by atoms with E-state index >= 15 is 0 Å². The minimum atomic E-state index is -4.54. The summed E-state index contributed by atoms with van der Waals surface area (Å²) < 4.78 is 67.2. The van der Waals surface area contributed by atoms with E-state index < -0.39 is 50.0 Å². The average molecular weight is 642 g/mol. The van der Waals surface area contributed by atoms with E-state index in [9.17, 15) is 31.8 Å². The van der Waals surface area contributed by atoms with Gasteiger partial charge in [-0.25, -0.2) is 4.18 Å². The first kappa shape index (κ1) is 38.4. The number of amides is 1. The van der Waals surface area contributed by atoms with Crippen LogP contribution in [0.2, 0.25) is 0 Å². The standard InChI is InChI=1S/C26H45NO10S2.2Na/c1-15(4-7-23(30)27-10-11-38(31,32)33)18-5-6-19-24-20(14-22(29)26(18,19)3)25(2)9-8-17(37-39(34,35)36)12-16(25)13-21(24)28;;/h15-22,24,28-29H,4-14H2,1-3H3,(H,27,30)(H,31,32,33)(H,34,35,36);;/t15-,16+,17-,18-,19+,20+,21-,22+,24+,25+,26-;;/m1../s1. The van der Waals surface area contributed by atoms with Crippen LogP contribution in [0.1, 0.15) is 78.6 Å². The Morgan fingerprint density at radius 1 is 1.00 bits per heavy atom. The van der Waals surface area contributed by atoms with Crippen molar-refractivity contribution in [2.75, 3.05) is 12.3 Å². The van der Waals surface area contributed by atoms with Gasteiger partial charge < -0.3 is 15.5 Å². The van der Waals surface area contributed by atoms with E-state index in [4.69, 9.17) is 13.3 Å². The molecule has 0 unspecified atom stereocenters. The molecule has 11 atom stereocenters. The maximum Gasteiger partial charge on any atom is 0.397 e. The summed E-state index contributed by atoms with van der Waals surface area (Å²) in [6.45, 7) is 6.29. The molecule has 0 heterocycles. The van der Waals surface area contributed by atoms with Crippen molar-refractivity contribution in [3.63, 3.8) is 0 Å². The molecule has 0 bridgehead atoms. The van der Waals surface area contributed by atoms with Crippen molar-refractivity contribution < 1.29 is 45.1 Å². The molecule has 0 spiro atoms. The Labute approximate surface area is 289 Å². The number of carbonyl (C=O) groups excluding carboxylic acids is 1. The predicted octanol–water partition coefficient (Wildman–Crippen LogP) is 1.43. The smallest absolute Gasteiger partial charge is 0.393 e. The third-order valence-electron chi connectivity index (χ3n) is 11.3. The van der Waals surface area contributed by atoms with Gasteiger partial charge >= 0.3 is 10.4 Å². The molecule has 0 aromatic heterocycles. The molecular weight excluding hydrogens is 596 g/mol. The molecule has 4 rings (SSSR count). The van der Waals surface area contributed by atoms with Gasteiger partial charge in [-0.2, -0.15) is 16.8 Å². The van der Waals surface area contributed by atoms with E-state index in [2.05, 4.69) is 26.1 Å². The second-order valence-corrected chi connectivity index (χ2v) is 15.8. The zero-order chi connectivity index (χ0) is 29.0. The molecule has 2 radical (unpaired) electrons. The van der Waals surface area contributed by atoms with Gasteiger partial charge in [-0.15, -0.1) is 0 Å². The molecule has 4 aliphatic rings. The first-order valence-electron chi connectivity index (χ1n) is 14.2. The summed E-state index contributed by atoms with van der Waals surface area (Å²) in [5.41, 5.74) is -0.577. The van der Waals surface area contributed by atoms with Crippen molar-refractivity contribution >= 4 is 85.5 Å². The fourth-order valence-corrected chi connectivity index (χ4v) is 10.2. The van der Waals surface area contributed by atoms with Gasteiger partial charge in [-0.3, -0.25) is 13.9 Å². The predicted molar refractivity (Wildman–Crippen MR) is 154 cm³/mol. The number of fused-ring (bicyclic) bond motifs is 5. The number of carbonyl (C=O) groups is 1. The molecule has 15 heteroatoms. The molecule has 4 aliphatic carbocycles. The monoisotopic (exact) mass is 641 g/mol. The molecule has 4 saturated carbocycles. The van der Waals surface area contributed by atoms with Gasteiger partial charge in [0.2, 0.25) is 5.91 Å². The fourth-order valence-electron chi connectivity index (χ4n) is 9.34. The summed E-state index contributed by atoms with van der Waals surface area (Å²) in [5, 5.41) is 25.7. The minimum absolute atomic E-state index is 0. The molecule has 1 amide bonds. The normalized spacial score (nSPS) is 41.0. The first-order chi connectivity index (χ1) is 18.0. The Hall–Kier alpha value is 1.17. The number of aliphatic hydroxyl groups is 2. The van der Waals surface area contributed by atoms with Crippen LogP contribution in [0.3, 0.4) is 0 Å². The van der Waals surface area contributed by atoms with E-state index in [1.54, 1.807) is 0 Å². The van der Waals surface area contributed by atoms with Crippen LogP contribution in [0.25, 0.3) is 0 Å². The van der Waals surface area contributed by atoms with Crippen molar-refractivity contribution in [3.8, 4) is 0 Å². The Balaban J connectivity index is 0.00000294. The molecule has 5 N–H and O–H groups in total. The third kappa shape index (κ3) is 8.31. The molecular formula is C26H45NNa2O10S2. The van der Waals surface area contributed by atoms with Gasteiger partial charge in [0, 0.05) is 72.1 Å². The molecule has 4 fully saturated rings. The summed E-state index contributed by atoms with van der Waals surface area (Å²) >= 11 is 0. The number of nitrogens with one attached hydrogen (secondary N) is 1. The van der Waals surface area contributed by atoms with Gasteiger partial charge in [-0.1, -0.05) is 20.8 Å². The van der Waals surface area contributed by atoms with Gasteiger partial charge in [0.25, 0.3) is 10.1 Å². The molecule has 0 saturated heterocycles. The van der Waals surface area contributed by atoms with Crippen LogP contribution in [0.15, 0.2) is 0 Å². The topological polar surface area (TPSA) is 188 Å². The van der Waals surface area contributed by atoms with Crippen molar-refractivity contribution in [1.82, 2.24) is 5.32 Å². The summed E-state index contributed by atoms with van der Waals surface area (Å²) in [6, 6.07) is 0. The first-order valence-corrected chi connectivity index (χ1v) is 17.2. The number of aliphatic hydroxyl groups excluding tert-OH is 2. The summed E-state index contributed by atoms with van der Waals surface area (Å²) in [7, 11) is -8.68. The van der Waals surface area contributed by atoms with Crippen LogP contribution in [-0.2, 0) is 29.5 Å². The maximum absolute atomic E-state index is 12.2. The third-order valence-corrected chi connectivity index (χ3v) is 12.5. The average Bonchev–Trinajstić information content (AvgIpc) is 3.16. The van der Waals surface area contributed by atoms with Crippen LogP contribution in [-0.4, -0.2) is 132 Å². The molecule has 0 aliphatic heterocycles. The Bertz CT molecular complexity index is 1140. The number of rotatable bonds is 9. The van der Waals surface area contributed by atoms with Crippen LogP contribution < -0.4 is 5.32 Å². The Kier molecular flexibility index (Phi) is 13.4. The molecule has 0 aromatic carbocycles. The Morgan fingerprint density at radius 3 is 2.27 bits per heavy atom. The van der Waals surface area contributed by atoms with Crippen molar-refractivity contribution in [2.45, 2.75) is 96.9 Å². The molecule has 0 aromatic rings. The largest absolute Gasteiger partial charge is 0.397 e. The van der Waals surface area contributed by atoms with Gasteiger partial charge in [0.05, 0.1) is 24.1 Å². The van der Waals surface area contributed by atoms with E-state index in [1.165, 1.54) is 0 Å². The molecule has 41 heavy (non-hydrogen) atoms. The molecule has 11 nitrogen and oxygen atoms in total. The fraction of sp³-hybridized carbons (Fsp3) is 0.962. The minimum Gasteiger partial charge on any atom is -0.393 e. The van der Waals surface area contributed by atoms with Crippen molar-refractivity contribution in [2.24, 2.45) is 46.3 Å². The van der Waals surface area contributed by atoms with Crippen molar-refractivity contribution in [3.05, 3.63) is 0 Å². The van der Waals surface area contributed by atoms with Crippen LogP contribution in [0.5, 0.6) is 0 Å². The van der Waals surface area contributed by atoms with E-state index in [1.807, 2.05) is 0 Å². The van der Waals surface area contributed by atoms with Crippen LogP contribution in [0.4, 0.5) is 0 Å². The Morgan fingerprint density at radius 2 is 1.66 bits per heavy atom. The second kappa shape index (κ2) is 14.3. The zero-order valence-electron chi connectivity index (χ0n) is 25.0. The number of hydrogen-bond acceptors (Lipinski definition) is 8. The van der Waals surface area contributed by atoms with Crippen LogP contribution >= 0.6 is 0 Å². The summed E-state index contributed by atoms with van der Waals surface area (Å²) in [6.07, 6.45) is 3.58. The number of hydrogen-bond donors (Lipinski definition) is 5. The van der Waals surface area contributed by atoms with Crippen LogP contribution in [0, 0.1) is 46.3 Å². The summed E-state index contributed by atoms with van der Waals surface area (Å²) in [5.74, 6) is -0.223.